The molecule has 0 spiro atoms. The van der Waals surface area contributed by atoms with Crippen molar-refractivity contribution in [2.24, 2.45) is 5.73 Å². The van der Waals surface area contributed by atoms with Crippen LogP contribution in [0.1, 0.15) is 75.3 Å². The minimum absolute atomic E-state index is 0.0165. The SMILES string of the molecule is COc1cccc2c1C(=O)c1c(O)c3c(c(O)c1C2=O)C[C@](O)(CCO)C[C@H]3OC1CC(N)C(O)C(C)O1. The Morgan fingerprint density at radius 2 is 1.84 bits per heavy atom. The number of phenolic OH excluding ortho intramolecular Hbond substituents is 2. The molecule has 6 atom stereocenters. The first-order valence-electron chi connectivity index (χ1n) is 12.5. The lowest BCUT2D eigenvalue weighted by molar-refractivity contribution is -0.248. The molecule has 3 aliphatic rings. The first-order chi connectivity index (χ1) is 18.0. The van der Waals surface area contributed by atoms with Crippen LogP contribution in [0.4, 0.5) is 0 Å². The molecule has 2 aliphatic carbocycles. The highest BCUT2D eigenvalue weighted by Gasteiger charge is 2.47. The Balaban J connectivity index is 1.66. The minimum atomic E-state index is -1.56. The van der Waals surface area contributed by atoms with Crippen LogP contribution in [0.2, 0.25) is 0 Å². The number of nitrogens with two attached hydrogens (primary N) is 1. The van der Waals surface area contributed by atoms with E-state index in [0.29, 0.717) is 0 Å². The van der Waals surface area contributed by atoms with Crippen molar-refractivity contribution in [1.82, 2.24) is 0 Å². The van der Waals surface area contributed by atoms with E-state index in [4.69, 9.17) is 19.9 Å². The van der Waals surface area contributed by atoms with Crippen molar-refractivity contribution in [3.63, 3.8) is 0 Å². The molecule has 0 radical (unpaired) electrons. The number of aliphatic hydroxyl groups is 3. The molecule has 11 heteroatoms. The number of aromatic hydroxyl groups is 2. The number of ether oxygens (including phenoxy) is 3. The van der Waals surface area contributed by atoms with Crippen molar-refractivity contribution >= 4 is 11.6 Å². The number of rotatable bonds is 5. The highest BCUT2D eigenvalue weighted by atomic mass is 16.7. The van der Waals surface area contributed by atoms with Gasteiger partial charge in [-0.25, -0.2) is 0 Å². The molecular weight excluding hydrogens is 498 g/mol. The van der Waals surface area contributed by atoms with Gasteiger partial charge in [0.2, 0.25) is 5.78 Å². The van der Waals surface area contributed by atoms with E-state index in [0.717, 1.165) is 0 Å². The molecule has 204 valence electrons. The number of benzene rings is 2. The van der Waals surface area contributed by atoms with Gasteiger partial charge in [-0.2, -0.15) is 0 Å². The summed E-state index contributed by atoms with van der Waals surface area (Å²) in [4.78, 5) is 27.1. The van der Waals surface area contributed by atoms with E-state index in [9.17, 15) is 35.1 Å². The lowest BCUT2D eigenvalue weighted by Gasteiger charge is -2.42. The zero-order valence-electron chi connectivity index (χ0n) is 21.0. The fourth-order valence-corrected chi connectivity index (χ4v) is 5.86. The van der Waals surface area contributed by atoms with Crippen LogP contribution >= 0.6 is 0 Å². The largest absolute Gasteiger partial charge is 0.507 e. The number of ketones is 2. The molecule has 5 rings (SSSR count). The van der Waals surface area contributed by atoms with Gasteiger partial charge in [0, 0.05) is 48.6 Å². The van der Waals surface area contributed by atoms with Crippen molar-refractivity contribution in [3.8, 4) is 17.2 Å². The van der Waals surface area contributed by atoms with Gasteiger partial charge in [0.25, 0.3) is 0 Å². The summed E-state index contributed by atoms with van der Waals surface area (Å²) in [5, 5.41) is 53.9. The van der Waals surface area contributed by atoms with E-state index >= 15 is 0 Å². The van der Waals surface area contributed by atoms with Crippen molar-refractivity contribution in [2.75, 3.05) is 13.7 Å². The van der Waals surface area contributed by atoms with E-state index in [-0.39, 0.29) is 71.4 Å². The number of aliphatic hydroxyl groups excluding tert-OH is 2. The molecule has 2 aromatic carbocycles. The molecule has 4 unspecified atom stereocenters. The zero-order valence-corrected chi connectivity index (χ0v) is 21.0. The van der Waals surface area contributed by atoms with Gasteiger partial charge >= 0.3 is 0 Å². The van der Waals surface area contributed by atoms with Crippen molar-refractivity contribution in [1.29, 1.82) is 0 Å². The van der Waals surface area contributed by atoms with Gasteiger partial charge in [-0.15, -0.1) is 0 Å². The van der Waals surface area contributed by atoms with E-state index in [2.05, 4.69) is 0 Å². The average Bonchev–Trinajstić information content (AvgIpc) is 2.87. The van der Waals surface area contributed by atoms with Crippen LogP contribution in [0.25, 0.3) is 0 Å². The fourth-order valence-electron chi connectivity index (χ4n) is 5.86. The second kappa shape index (κ2) is 9.60. The van der Waals surface area contributed by atoms with Crippen LogP contribution in [0, 0.1) is 0 Å². The number of hydrogen-bond acceptors (Lipinski definition) is 11. The number of phenols is 2. The van der Waals surface area contributed by atoms with Gasteiger partial charge in [0.05, 0.1) is 47.7 Å². The van der Waals surface area contributed by atoms with Gasteiger partial charge in [-0.1, -0.05) is 12.1 Å². The Labute approximate surface area is 218 Å². The summed E-state index contributed by atoms with van der Waals surface area (Å²) < 4.78 is 17.2. The molecule has 2 aromatic rings. The highest BCUT2D eigenvalue weighted by Crippen LogP contribution is 2.52. The molecule has 38 heavy (non-hydrogen) atoms. The number of fused-ring (bicyclic) bond motifs is 3. The first kappa shape index (κ1) is 26.5. The third-order valence-electron chi connectivity index (χ3n) is 7.80. The number of carbonyl (C=O) groups is 2. The standard InChI is InChI=1S/C27H31NO10/c1-11-22(30)14(28)8-17(37-11)38-16-10-27(35,6-7-29)9-13-19(16)26(34)21-20(24(13)32)23(31)12-4-3-5-15(36-2)18(12)25(21)33/h3-5,11,14,16-17,22,29-30,32,34-35H,6-10,28H2,1-2H3/t11?,14?,16-,17?,22?,27-/m1/s1. The summed E-state index contributed by atoms with van der Waals surface area (Å²) in [6, 6.07) is 3.84. The topological polar surface area (TPSA) is 189 Å². The Kier molecular flexibility index (Phi) is 6.70. The van der Waals surface area contributed by atoms with E-state index in [1.165, 1.54) is 19.2 Å². The molecule has 1 heterocycles. The van der Waals surface area contributed by atoms with Crippen molar-refractivity contribution in [2.45, 2.75) is 68.9 Å². The molecule has 0 bridgehead atoms. The summed E-state index contributed by atoms with van der Waals surface area (Å²) >= 11 is 0. The molecule has 7 N–H and O–H groups in total. The summed E-state index contributed by atoms with van der Waals surface area (Å²) in [5.41, 5.74) is 3.79. The monoisotopic (exact) mass is 529 g/mol. The van der Waals surface area contributed by atoms with Crippen LogP contribution in [-0.4, -0.2) is 81.0 Å². The molecule has 1 aliphatic heterocycles. The maximum Gasteiger partial charge on any atom is 0.202 e. The minimum Gasteiger partial charge on any atom is -0.507 e. The third kappa shape index (κ3) is 4.06. The molecule has 11 nitrogen and oxygen atoms in total. The van der Waals surface area contributed by atoms with E-state index < -0.39 is 59.3 Å². The second-order valence-corrected chi connectivity index (χ2v) is 10.2. The molecule has 0 saturated carbocycles. The molecule has 0 amide bonds. The zero-order chi connectivity index (χ0) is 27.5. The van der Waals surface area contributed by atoms with Crippen LogP contribution in [0.5, 0.6) is 17.2 Å². The van der Waals surface area contributed by atoms with Crippen LogP contribution in [0.3, 0.4) is 0 Å². The molecule has 1 saturated heterocycles. The predicted octanol–water partition coefficient (Wildman–Crippen LogP) is 0.822. The van der Waals surface area contributed by atoms with Crippen LogP contribution in [-0.2, 0) is 15.9 Å². The maximum atomic E-state index is 13.6. The lowest BCUT2D eigenvalue weighted by Crippen LogP contribution is -2.52. The highest BCUT2D eigenvalue weighted by molar-refractivity contribution is 6.31. The normalized spacial score (nSPS) is 30.4. The summed E-state index contributed by atoms with van der Waals surface area (Å²) in [5.74, 6) is -2.33. The Hall–Kier alpha value is -3.06. The second-order valence-electron chi connectivity index (χ2n) is 10.2. The average molecular weight is 530 g/mol. The first-order valence-corrected chi connectivity index (χ1v) is 12.5. The number of carbonyl (C=O) groups excluding carboxylic acids is 2. The fraction of sp³-hybridized carbons (Fsp3) is 0.481. The van der Waals surface area contributed by atoms with E-state index in [1.54, 1.807) is 13.0 Å². The maximum absolute atomic E-state index is 13.6. The quantitative estimate of drug-likeness (QED) is 0.257. The van der Waals surface area contributed by atoms with Crippen LogP contribution in [0.15, 0.2) is 18.2 Å². The molecule has 1 fully saturated rings. The Morgan fingerprint density at radius 3 is 2.50 bits per heavy atom. The number of hydrogen-bond donors (Lipinski definition) is 6. The smallest absolute Gasteiger partial charge is 0.202 e. The molecule has 0 aromatic heterocycles. The summed E-state index contributed by atoms with van der Waals surface area (Å²) in [6.45, 7) is 1.26. The summed E-state index contributed by atoms with van der Waals surface area (Å²) in [6.07, 6.45) is -3.89. The summed E-state index contributed by atoms with van der Waals surface area (Å²) in [7, 11) is 1.35. The third-order valence-corrected chi connectivity index (χ3v) is 7.80. The Bertz CT molecular complexity index is 1300. The van der Waals surface area contributed by atoms with Crippen LogP contribution < -0.4 is 10.5 Å². The van der Waals surface area contributed by atoms with Gasteiger partial charge in [0.1, 0.15) is 17.2 Å². The molecular formula is C27H31NO10. The Morgan fingerprint density at radius 1 is 1.13 bits per heavy atom. The van der Waals surface area contributed by atoms with Gasteiger partial charge in [-0.3, -0.25) is 9.59 Å². The lowest BCUT2D eigenvalue weighted by atomic mass is 9.72. The van der Waals surface area contributed by atoms with Gasteiger partial charge in [0.15, 0.2) is 12.1 Å². The van der Waals surface area contributed by atoms with Gasteiger partial charge < -0.3 is 45.5 Å². The van der Waals surface area contributed by atoms with Crippen molar-refractivity contribution < 1.29 is 49.3 Å². The van der Waals surface area contributed by atoms with Crippen molar-refractivity contribution in [3.05, 3.63) is 51.6 Å². The predicted molar refractivity (Wildman–Crippen MR) is 131 cm³/mol. The van der Waals surface area contributed by atoms with Gasteiger partial charge in [-0.05, 0) is 19.4 Å². The van der Waals surface area contributed by atoms with E-state index in [1.807, 2.05) is 0 Å². The number of methoxy groups -OCH3 is 1.